The molecule has 5 heteroatoms. The molecule has 0 aliphatic carbocycles. The van der Waals surface area contributed by atoms with Crippen molar-refractivity contribution in [2.45, 2.75) is 51.7 Å². The number of carbonyl (C=O) groups is 1. The van der Waals surface area contributed by atoms with Crippen molar-refractivity contribution >= 4 is 5.91 Å². The number of nitrogens with one attached hydrogen (secondary N) is 1. The normalized spacial score (nSPS) is 17.0. The molecule has 1 saturated heterocycles. The Balaban J connectivity index is 1.59. The van der Waals surface area contributed by atoms with Gasteiger partial charge in [-0.3, -0.25) is 9.69 Å². The standard InChI is InChI=1S/C24H32N2O3/c1-18-8-6-7-13-26(18)17-21-10-5-4-9-20(21)16-25-24(27)15-19-11-12-22(28-2)23(14-19)29-3/h4-5,9-12,14,18H,6-8,13,15-17H2,1-3H3,(H,25,27)/t18-/m0/s1. The van der Waals surface area contributed by atoms with Crippen molar-refractivity contribution in [2.75, 3.05) is 20.8 Å². The first kappa shape index (κ1) is 21.2. The van der Waals surface area contributed by atoms with Gasteiger partial charge in [0.25, 0.3) is 0 Å². The van der Waals surface area contributed by atoms with Crippen LogP contribution in [0.5, 0.6) is 11.5 Å². The molecule has 1 aliphatic rings. The fourth-order valence-electron chi connectivity index (χ4n) is 3.93. The van der Waals surface area contributed by atoms with E-state index in [-0.39, 0.29) is 5.91 Å². The second-order valence-electron chi connectivity index (χ2n) is 7.73. The molecule has 1 heterocycles. The largest absolute Gasteiger partial charge is 0.493 e. The van der Waals surface area contributed by atoms with Crippen LogP contribution in [0.15, 0.2) is 42.5 Å². The van der Waals surface area contributed by atoms with Crippen LogP contribution in [0, 0.1) is 0 Å². The number of rotatable bonds is 8. The van der Waals surface area contributed by atoms with Crippen LogP contribution in [0.4, 0.5) is 0 Å². The molecule has 1 atom stereocenters. The Hall–Kier alpha value is -2.53. The Morgan fingerprint density at radius 2 is 1.83 bits per heavy atom. The Bertz CT molecular complexity index is 822. The summed E-state index contributed by atoms with van der Waals surface area (Å²) in [5, 5.41) is 3.07. The van der Waals surface area contributed by atoms with Crippen molar-refractivity contribution in [3.05, 3.63) is 59.2 Å². The number of methoxy groups -OCH3 is 2. The van der Waals surface area contributed by atoms with Gasteiger partial charge in [-0.25, -0.2) is 0 Å². The molecule has 5 nitrogen and oxygen atoms in total. The Morgan fingerprint density at radius 1 is 1.07 bits per heavy atom. The molecule has 1 N–H and O–H groups in total. The fraction of sp³-hybridized carbons (Fsp3) is 0.458. The molecule has 1 aliphatic heterocycles. The average Bonchev–Trinajstić information content (AvgIpc) is 2.74. The predicted molar refractivity (Wildman–Crippen MR) is 115 cm³/mol. The third-order valence-electron chi connectivity index (χ3n) is 5.72. The number of ether oxygens (including phenoxy) is 2. The molecule has 0 radical (unpaired) electrons. The van der Waals surface area contributed by atoms with Gasteiger partial charge in [0, 0.05) is 19.1 Å². The molecule has 1 amide bonds. The maximum absolute atomic E-state index is 12.5. The third kappa shape index (κ3) is 5.73. The molecule has 0 saturated carbocycles. The SMILES string of the molecule is COc1ccc(CC(=O)NCc2ccccc2CN2CCCC[C@@H]2C)cc1OC. The summed E-state index contributed by atoms with van der Waals surface area (Å²) in [6.07, 6.45) is 4.18. The van der Waals surface area contributed by atoms with Gasteiger partial charge in [0.05, 0.1) is 20.6 Å². The number of hydrogen-bond acceptors (Lipinski definition) is 4. The van der Waals surface area contributed by atoms with Gasteiger partial charge >= 0.3 is 0 Å². The minimum Gasteiger partial charge on any atom is -0.493 e. The second-order valence-corrected chi connectivity index (χ2v) is 7.73. The van der Waals surface area contributed by atoms with E-state index in [1.54, 1.807) is 14.2 Å². The maximum Gasteiger partial charge on any atom is 0.224 e. The minimum absolute atomic E-state index is 0.00152. The van der Waals surface area contributed by atoms with Gasteiger partial charge in [0.1, 0.15) is 0 Å². The number of carbonyl (C=O) groups excluding carboxylic acids is 1. The highest BCUT2D eigenvalue weighted by Gasteiger charge is 2.19. The van der Waals surface area contributed by atoms with E-state index < -0.39 is 0 Å². The number of piperidine rings is 1. The predicted octanol–water partition coefficient (Wildman–Crippen LogP) is 3.94. The van der Waals surface area contributed by atoms with Crippen molar-refractivity contribution in [1.82, 2.24) is 10.2 Å². The number of amides is 1. The lowest BCUT2D eigenvalue weighted by Crippen LogP contribution is -2.37. The molecule has 29 heavy (non-hydrogen) atoms. The summed E-state index contributed by atoms with van der Waals surface area (Å²) in [6, 6.07) is 14.6. The first-order valence-electron chi connectivity index (χ1n) is 10.4. The Labute approximate surface area is 174 Å². The minimum atomic E-state index is -0.00152. The maximum atomic E-state index is 12.5. The number of benzene rings is 2. The van der Waals surface area contributed by atoms with E-state index in [1.807, 2.05) is 24.3 Å². The summed E-state index contributed by atoms with van der Waals surface area (Å²) in [5.41, 5.74) is 3.38. The van der Waals surface area contributed by atoms with E-state index in [0.717, 1.165) is 18.7 Å². The number of likely N-dealkylation sites (tertiary alicyclic amines) is 1. The monoisotopic (exact) mass is 396 g/mol. The van der Waals surface area contributed by atoms with Crippen LogP contribution in [-0.2, 0) is 24.3 Å². The van der Waals surface area contributed by atoms with Crippen LogP contribution in [0.3, 0.4) is 0 Å². The number of hydrogen-bond donors (Lipinski definition) is 1. The molecule has 0 aromatic heterocycles. The fourth-order valence-corrected chi connectivity index (χ4v) is 3.93. The molecule has 0 spiro atoms. The summed E-state index contributed by atoms with van der Waals surface area (Å²) >= 11 is 0. The van der Waals surface area contributed by atoms with Crippen LogP contribution in [0.2, 0.25) is 0 Å². The van der Waals surface area contributed by atoms with E-state index in [1.165, 1.54) is 30.4 Å². The van der Waals surface area contributed by atoms with Crippen molar-refractivity contribution in [3.63, 3.8) is 0 Å². The third-order valence-corrected chi connectivity index (χ3v) is 5.72. The lowest BCUT2D eigenvalue weighted by molar-refractivity contribution is -0.120. The summed E-state index contributed by atoms with van der Waals surface area (Å²) < 4.78 is 10.6. The van der Waals surface area contributed by atoms with Crippen LogP contribution in [-0.4, -0.2) is 37.6 Å². The first-order valence-corrected chi connectivity index (χ1v) is 10.4. The number of nitrogens with zero attached hydrogens (tertiary/aromatic N) is 1. The topological polar surface area (TPSA) is 50.8 Å². The van der Waals surface area contributed by atoms with Crippen LogP contribution < -0.4 is 14.8 Å². The van der Waals surface area contributed by atoms with Crippen LogP contribution >= 0.6 is 0 Å². The van der Waals surface area contributed by atoms with Gasteiger partial charge in [0.2, 0.25) is 5.91 Å². The molecule has 156 valence electrons. The Morgan fingerprint density at radius 3 is 2.55 bits per heavy atom. The van der Waals surface area contributed by atoms with Gasteiger partial charge in [0.15, 0.2) is 11.5 Å². The zero-order valence-electron chi connectivity index (χ0n) is 17.7. The molecular formula is C24H32N2O3. The van der Waals surface area contributed by atoms with Gasteiger partial charge in [-0.1, -0.05) is 36.8 Å². The quantitative estimate of drug-likeness (QED) is 0.734. The van der Waals surface area contributed by atoms with Gasteiger partial charge in [-0.2, -0.15) is 0 Å². The van der Waals surface area contributed by atoms with Gasteiger partial charge < -0.3 is 14.8 Å². The Kier molecular flexibility index (Phi) is 7.53. The highest BCUT2D eigenvalue weighted by molar-refractivity contribution is 5.78. The zero-order chi connectivity index (χ0) is 20.6. The molecule has 3 rings (SSSR count). The highest BCUT2D eigenvalue weighted by atomic mass is 16.5. The summed E-state index contributed by atoms with van der Waals surface area (Å²) in [4.78, 5) is 15.0. The second kappa shape index (κ2) is 10.3. The highest BCUT2D eigenvalue weighted by Crippen LogP contribution is 2.27. The van der Waals surface area contributed by atoms with Crippen LogP contribution in [0.25, 0.3) is 0 Å². The van der Waals surface area contributed by atoms with Crippen molar-refractivity contribution in [2.24, 2.45) is 0 Å². The molecule has 0 bridgehead atoms. The zero-order valence-corrected chi connectivity index (χ0v) is 17.7. The van der Waals surface area contributed by atoms with Crippen molar-refractivity contribution in [1.29, 1.82) is 0 Å². The smallest absolute Gasteiger partial charge is 0.224 e. The van der Waals surface area contributed by atoms with E-state index in [0.29, 0.717) is 30.5 Å². The lowest BCUT2D eigenvalue weighted by Gasteiger charge is -2.33. The molecule has 2 aromatic carbocycles. The average molecular weight is 397 g/mol. The molecule has 1 fully saturated rings. The molecule has 0 unspecified atom stereocenters. The van der Waals surface area contributed by atoms with Crippen LogP contribution in [0.1, 0.15) is 42.9 Å². The summed E-state index contributed by atoms with van der Waals surface area (Å²) in [6.45, 7) is 4.96. The first-order chi connectivity index (χ1) is 14.1. The van der Waals surface area contributed by atoms with E-state index in [4.69, 9.17) is 9.47 Å². The van der Waals surface area contributed by atoms with Gasteiger partial charge in [-0.15, -0.1) is 0 Å². The van der Waals surface area contributed by atoms with E-state index in [9.17, 15) is 4.79 Å². The van der Waals surface area contributed by atoms with Crippen molar-refractivity contribution in [3.8, 4) is 11.5 Å². The van der Waals surface area contributed by atoms with Gasteiger partial charge in [-0.05, 0) is 55.1 Å². The summed E-state index contributed by atoms with van der Waals surface area (Å²) in [5.74, 6) is 1.30. The lowest BCUT2D eigenvalue weighted by atomic mass is 10.0. The van der Waals surface area contributed by atoms with E-state index in [2.05, 4.69) is 35.3 Å². The summed E-state index contributed by atoms with van der Waals surface area (Å²) in [7, 11) is 3.20. The van der Waals surface area contributed by atoms with Crippen molar-refractivity contribution < 1.29 is 14.3 Å². The molecular weight excluding hydrogens is 364 g/mol. The van der Waals surface area contributed by atoms with E-state index >= 15 is 0 Å². The molecule has 2 aromatic rings.